The van der Waals surface area contributed by atoms with Gasteiger partial charge in [-0.3, -0.25) is 4.90 Å². The van der Waals surface area contributed by atoms with Crippen LogP contribution < -0.4 is 9.47 Å². The van der Waals surface area contributed by atoms with Gasteiger partial charge in [-0.1, -0.05) is 5.92 Å². The zero-order valence-electron chi connectivity index (χ0n) is 10.6. The van der Waals surface area contributed by atoms with Crippen molar-refractivity contribution in [3.8, 4) is 23.8 Å². The molecule has 4 heteroatoms. The van der Waals surface area contributed by atoms with Crippen molar-refractivity contribution in [2.45, 2.75) is 12.6 Å². The molecule has 0 bridgehead atoms. The molecule has 18 heavy (non-hydrogen) atoms. The molecule has 1 N–H and O–H groups in total. The zero-order valence-corrected chi connectivity index (χ0v) is 10.6. The minimum atomic E-state index is -0.604. The number of benzene rings is 1. The highest BCUT2D eigenvalue weighted by atomic mass is 16.5. The van der Waals surface area contributed by atoms with E-state index in [2.05, 4.69) is 5.92 Å². The van der Waals surface area contributed by atoms with Gasteiger partial charge in [-0.05, 0) is 12.1 Å². The van der Waals surface area contributed by atoms with Crippen molar-refractivity contribution in [3.63, 3.8) is 0 Å². The first kappa shape index (κ1) is 12.7. The predicted octanol–water partition coefficient (Wildman–Crippen LogP) is 1.19. The summed E-state index contributed by atoms with van der Waals surface area (Å²) in [6, 6.07) is 3.67. The minimum absolute atomic E-state index is 0.511. The Morgan fingerprint density at radius 1 is 1.39 bits per heavy atom. The third-order valence-corrected chi connectivity index (χ3v) is 3.17. The standard InChI is InChI=1S/C14H17NO3/c1-4-7-15-8-10-12(17-2)5-6-13(18-3)14(10)11(16)9-15/h1,5-6,11,16H,7-9H2,2-3H3/t11-/m1/s1. The predicted molar refractivity (Wildman–Crippen MR) is 68.6 cm³/mol. The van der Waals surface area contributed by atoms with E-state index in [0.717, 1.165) is 16.9 Å². The van der Waals surface area contributed by atoms with Gasteiger partial charge >= 0.3 is 0 Å². The summed E-state index contributed by atoms with van der Waals surface area (Å²) in [5.41, 5.74) is 1.76. The Labute approximate surface area is 107 Å². The van der Waals surface area contributed by atoms with Gasteiger partial charge in [0, 0.05) is 24.2 Å². The number of β-amino-alcohol motifs (C(OH)–C–C–N with tert-alkyl or cyclic N) is 1. The van der Waals surface area contributed by atoms with Gasteiger partial charge in [-0.25, -0.2) is 0 Å². The van der Waals surface area contributed by atoms with E-state index in [1.54, 1.807) is 14.2 Å². The molecule has 0 aromatic heterocycles. The Kier molecular flexibility index (Phi) is 3.75. The van der Waals surface area contributed by atoms with Gasteiger partial charge in [0.1, 0.15) is 11.5 Å². The second kappa shape index (κ2) is 5.30. The second-order valence-corrected chi connectivity index (χ2v) is 4.25. The summed E-state index contributed by atoms with van der Waals surface area (Å²) in [5.74, 6) is 4.05. The maximum absolute atomic E-state index is 10.2. The fourth-order valence-corrected chi connectivity index (χ4v) is 2.39. The molecule has 4 nitrogen and oxygen atoms in total. The minimum Gasteiger partial charge on any atom is -0.496 e. The molecule has 1 aromatic carbocycles. The molecule has 1 aliphatic rings. The monoisotopic (exact) mass is 247 g/mol. The van der Waals surface area contributed by atoms with E-state index in [0.29, 0.717) is 25.4 Å². The van der Waals surface area contributed by atoms with Crippen LogP contribution in [0.5, 0.6) is 11.5 Å². The molecule has 1 atom stereocenters. The molecule has 2 rings (SSSR count). The van der Waals surface area contributed by atoms with Crippen molar-refractivity contribution in [1.29, 1.82) is 0 Å². The Morgan fingerprint density at radius 3 is 2.67 bits per heavy atom. The molecule has 0 unspecified atom stereocenters. The molecule has 0 amide bonds. The van der Waals surface area contributed by atoms with Gasteiger partial charge in [-0.2, -0.15) is 0 Å². The van der Waals surface area contributed by atoms with Crippen LogP contribution in [0.4, 0.5) is 0 Å². The SMILES string of the molecule is C#CCN1Cc2c(OC)ccc(OC)c2[C@H](O)C1. The summed E-state index contributed by atoms with van der Waals surface area (Å²) in [5, 5.41) is 10.2. The summed E-state index contributed by atoms with van der Waals surface area (Å²) in [6.45, 7) is 1.69. The molecule has 0 radical (unpaired) electrons. The second-order valence-electron chi connectivity index (χ2n) is 4.25. The normalized spacial score (nSPS) is 18.9. The summed E-state index contributed by atoms with van der Waals surface area (Å²) < 4.78 is 10.6. The number of nitrogens with zero attached hydrogens (tertiary/aromatic N) is 1. The number of aliphatic hydroxyl groups is 1. The number of terminal acetylenes is 1. The molecule has 0 fully saturated rings. The van der Waals surface area contributed by atoms with E-state index in [4.69, 9.17) is 15.9 Å². The molecular weight excluding hydrogens is 230 g/mol. The van der Waals surface area contributed by atoms with Crippen molar-refractivity contribution in [2.24, 2.45) is 0 Å². The lowest BCUT2D eigenvalue weighted by atomic mass is 9.95. The van der Waals surface area contributed by atoms with E-state index in [1.165, 1.54) is 0 Å². The van der Waals surface area contributed by atoms with E-state index in [9.17, 15) is 5.11 Å². The molecule has 0 spiro atoms. The van der Waals surface area contributed by atoms with Crippen LogP contribution in [0.2, 0.25) is 0 Å². The Hall–Kier alpha value is -1.70. The topological polar surface area (TPSA) is 41.9 Å². The Balaban J connectivity index is 2.46. The number of fused-ring (bicyclic) bond motifs is 1. The molecule has 0 saturated carbocycles. The average Bonchev–Trinajstić information content (AvgIpc) is 2.37. The maximum Gasteiger partial charge on any atom is 0.125 e. The molecule has 1 aromatic rings. The smallest absolute Gasteiger partial charge is 0.125 e. The van der Waals surface area contributed by atoms with E-state index < -0.39 is 6.10 Å². The van der Waals surface area contributed by atoms with Crippen molar-refractivity contribution in [2.75, 3.05) is 27.3 Å². The molecular formula is C14H17NO3. The quantitative estimate of drug-likeness (QED) is 0.815. The van der Waals surface area contributed by atoms with Gasteiger partial charge in [-0.15, -0.1) is 6.42 Å². The van der Waals surface area contributed by atoms with Crippen LogP contribution in [0.25, 0.3) is 0 Å². The largest absolute Gasteiger partial charge is 0.496 e. The van der Waals surface area contributed by atoms with Crippen LogP contribution >= 0.6 is 0 Å². The number of hydrogen-bond acceptors (Lipinski definition) is 4. The first-order valence-corrected chi connectivity index (χ1v) is 5.79. The van der Waals surface area contributed by atoms with Crippen LogP contribution in [0.1, 0.15) is 17.2 Å². The number of hydrogen-bond donors (Lipinski definition) is 1. The Bertz CT molecular complexity index is 479. The zero-order chi connectivity index (χ0) is 13.1. The molecule has 96 valence electrons. The fourth-order valence-electron chi connectivity index (χ4n) is 2.39. The van der Waals surface area contributed by atoms with Gasteiger partial charge in [0.2, 0.25) is 0 Å². The lowest BCUT2D eigenvalue weighted by molar-refractivity contribution is 0.0964. The van der Waals surface area contributed by atoms with E-state index in [1.807, 2.05) is 17.0 Å². The van der Waals surface area contributed by atoms with Crippen molar-refractivity contribution in [3.05, 3.63) is 23.3 Å². The van der Waals surface area contributed by atoms with Crippen molar-refractivity contribution in [1.82, 2.24) is 4.90 Å². The highest BCUT2D eigenvalue weighted by molar-refractivity contribution is 5.51. The highest BCUT2D eigenvalue weighted by Gasteiger charge is 2.29. The number of ether oxygens (including phenoxy) is 2. The molecule has 1 heterocycles. The van der Waals surface area contributed by atoms with Crippen molar-refractivity contribution < 1.29 is 14.6 Å². The summed E-state index contributed by atoms with van der Waals surface area (Å²) in [4.78, 5) is 2.01. The Morgan fingerprint density at radius 2 is 2.06 bits per heavy atom. The fraction of sp³-hybridized carbons (Fsp3) is 0.429. The molecule has 0 aliphatic carbocycles. The van der Waals surface area contributed by atoms with E-state index in [-0.39, 0.29) is 0 Å². The van der Waals surface area contributed by atoms with Gasteiger partial charge in [0.25, 0.3) is 0 Å². The van der Waals surface area contributed by atoms with Gasteiger partial charge in [0.15, 0.2) is 0 Å². The number of methoxy groups -OCH3 is 2. The van der Waals surface area contributed by atoms with E-state index >= 15 is 0 Å². The lowest BCUT2D eigenvalue weighted by Crippen LogP contribution is -2.34. The third-order valence-electron chi connectivity index (χ3n) is 3.17. The average molecular weight is 247 g/mol. The highest BCUT2D eigenvalue weighted by Crippen LogP contribution is 2.39. The number of rotatable bonds is 3. The van der Waals surface area contributed by atoms with Crippen LogP contribution in [-0.4, -0.2) is 37.3 Å². The lowest BCUT2D eigenvalue weighted by Gasteiger charge is -2.32. The van der Waals surface area contributed by atoms with Crippen LogP contribution in [0.3, 0.4) is 0 Å². The first-order chi connectivity index (χ1) is 8.71. The van der Waals surface area contributed by atoms with Gasteiger partial charge < -0.3 is 14.6 Å². The maximum atomic E-state index is 10.2. The molecule has 0 saturated heterocycles. The van der Waals surface area contributed by atoms with Crippen LogP contribution in [0, 0.1) is 12.3 Å². The van der Waals surface area contributed by atoms with Gasteiger partial charge in [0.05, 0.1) is 26.9 Å². The third kappa shape index (κ3) is 2.15. The van der Waals surface area contributed by atoms with Crippen molar-refractivity contribution >= 4 is 0 Å². The molecule has 1 aliphatic heterocycles. The van der Waals surface area contributed by atoms with Crippen LogP contribution in [0.15, 0.2) is 12.1 Å². The number of aliphatic hydroxyl groups excluding tert-OH is 1. The van der Waals surface area contributed by atoms with Crippen LogP contribution in [-0.2, 0) is 6.54 Å². The first-order valence-electron chi connectivity index (χ1n) is 5.79. The summed E-state index contributed by atoms with van der Waals surface area (Å²) in [7, 11) is 3.22. The summed E-state index contributed by atoms with van der Waals surface area (Å²) >= 11 is 0. The summed E-state index contributed by atoms with van der Waals surface area (Å²) in [6.07, 6.45) is 4.72.